The molecule has 0 saturated carbocycles. The van der Waals surface area contributed by atoms with Crippen LogP contribution in [0.1, 0.15) is 42.9 Å². The van der Waals surface area contributed by atoms with Gasteiger partial charge in [-0.05, 0) is 66.3 Å². The molecule has 0 unspecified atom stereocenters. The number of nitrogens with one attached hydrogen (secondary N) is 4. The molecule has 0 aliphatic heterocycles. The van der Waals surface area contributed by atoms with Crippen LogP contribution in [0.5, 0.6) is 0 Å². The molecule has 41 heavy (non-hydrogen) atoms. The molecule has 0 heterocycles. The minimum absolute atomic E-state index is 0.00485. The first kappa shape index (κ1) is 30.8. The van der Waals surface area contributed by atoms with Crippen LogP contribution < -0.4 is 21.3 Å². The van der Waals surface area contributed by atoms with E-state index in [1.807, 2.05) is 39.0 Å². The van der Waals surface area contributed by atoms with Gasteiger partial charge in [0.2, 0.25) is 11.8 Å². The predicted octanol–water partition coefficient (Wildman–Crippen LogP) is 4.84. The van der Waals surface area contributed by atoms with Gasteiger partial charge >= 0.3 is 12.0 Å². The fourth-order valence-electron chi connectivity index (χ4n) is 4.21. The predicted molar refractivity (Wildman–Crippen MR) is 155 cm³/mol. The molecule has 0 aliphatic rings. The molecule has 9 nitrogen and oxygen atoms in total. The average Bonchev–Trinajstić information content (AvgIpc) is 2.91. The number of carboxylic acids is 1. The Hall–Kier alpha value is -4.73. The number of anilines is 2. The second kappa shape index (κ2) is 14.6. The zero-order valence-electron chi connectivity index (χ0n) is 23.2. The Bertz CT molecular complexity index is 1360. The van der Waals surface area contributed by atoms with Crippen LogP contribution in [-0.4, -0.2) is 41.5 Å². The number of carboxylic acid groups (broad SMARTS) is 1. The highest BCUT2D eigenvalue weighted by Crippen LogP contribution is 2.17. The summed E-state index contributed by atoms with van der Waals surface area (Å²) in [5.74, 6) is -3.52. The van der Waals surface area contributed by atoms with Crippen LogP contribution in [0.3, 0.4) is 0 Å². The van der Waals surface area contributed by atoms with E-state index in [0.717, 1.165) is 17.7 Å². The number of urea groups is 1. The summed E-state index contributed by atoms with van der Waals surface area (Å²) in [4.78, 5) is 49.8. The van der Waals surface area contributed by atoms with Gasteiger partial charge in [-0.15, -0.1) is 0 Å². The summed E-state index contributed by atoms with van der Waals surface area (Å²) in [7, 11) is 0. The van der Waals surface area contributed by atoms with Crippen LogP contribution in [0.4, 0.5) is 20.6 Å². The van der Waals surface area contributed by atoms with Crippen LogP contribution in [0.25, 0.3) is 0 Å². The molecule has 5 N–H and O–H groups in total. The molecule has 0 aromatic heterocycles. The van der Waals surface area contributed by atoms with Crippen molar-refractivity contribution in [2.45, 2.75) is 45.6 Å². The third-order valence-electron chi connectivity index (χ3n) is 6.38. The Balaban J connectivity index is 1.55. The fourth-order valence-corrected chi connectivity index (χ4v) is 4.21. The van der Waals surface area contributed by atoms with E-state index >= 15 is 0 Å². The molecular formula is C31H35FN4O5. The molecule has 3 aromatic rings. The number of carbonyl (C=O) groups is 4. The summed E-state index contributed by atoms with van der Waals surface area (Å²) in [6.07, 6.45) is 0.357. The Kier molecular flexibility index (Phi) is 11.0. The molecule has 0 radical (unpaired) electrons. The molecular weight excluding hydrogens is 527 g/mol. The summed E-state index contributed by atoms with van der Waals surface area (Å²) in [6, 6.07) is 18.0. The minimum Gasteiger partial charge on any atom is -0.481 e. The van der Waals surface area contributed by atoms with Gasteiger partial charge in [-0.1, -0.05) is 56.3 Å². The fraction of sp³-hybridized carbons (Fsp3) is 0.290. The normalized spacial score (nSPS) is 12.2. The Labute approximate surface area is 238 Å². The molecule has 3 aromatic carbocycles. The molecule has 0 aliphatic carbocycles. The summed E-state index contributed by atoms with van der Waals surface area (Å²) < 4.78 is 13.2. The molecule has 10 heteroatoms. The third kappa shape index (κ3) is 9.75. The van der Waals surface area contributed by atoms with Gasteiger partial charge in [0.25, 0.3) is 0 Å². The van der Waals surface area contributed by atoms with Gasteiger partial charge in [-0.2, -0.15) is 0 Å². The van der Waals surface area contributed by atoms with Crippen molar-refractivity contribution in [1.82, 2.24) is 10.6 Å². The Morgan fingerprint density at radius 2 is 1.54 bits per heavy atom. The number of hydrogen-bond donors (Lipinski definition) is 5. The van der Waals surface area contributed by atoms with Crippen LogP contribution >= 0.6 is 0 Å². The van der Waals surface area contributed by atoms with E-state index in [-0.39, 0.29) is 24.8 Å². The standard InChI is InChI=1S/C31H35FN4O5/c1-19(2)16-27(29(38)33-18-25(30(39)40)22-10-12-23(32)13-11-22)35-28(37)17-21-8-14-24(15-9-21)34-31(41)36-26-7-5-4-6-20(26)3/h4-15,19,25,27H,16-18H2,1-3H3,(H,33,38)(H,35,37)(H,39,40)(H2,34,36,41)/t25-,27+/m1/s1. The van der Waals surface area contributed by atoms with Crippen molar-refractivity contribution in [2.75, 3.05) is 17.2 Å². The lowest BCUT2D eigenvalue weighted by atomic mass is 9.98. The van der Waals surface area contributed by atoms with E-state index in [9.17, 15) is 28.7 Å². The third-order valence-corrected chi connectivity index (χ3v) is 6.38. The number of aryl methyl sites for hydroxylation is 1. The van der Waals surface area contributed by atoms with Crippen LogP contribution in [0, 0.1) is 18.7 Å². The summed E-state index contributed by atoms with van der Waals surface area (Å²) in [6.45, 7) is 5.50. The van der Waals surface area contributed by atoms with E-state index in [2.05, 4.69) is 21.3 Å². The maximum absolute atomic E-state index is 13.2. The molecule has 4 amide bonds. The molecule has 216 valence electrons. The molecule has 3 rings (SSSR count). The van der Waals surface area contributed by atoms with Gasteiger partial charge in [-0.25, -0.2) is 9.18 Å². The van der Waals surface area contributed by atoms with Crippen molar-refractivity contribution in [3.05, 3.63) is 95.3 Å². The van der Waals surface area contributed by atoms with E-state index in [1.54, 1.807) is 30.3 Å². The highest BCUT2D eigenvalue weighted by Gasteiger charge is 2.25. The number of benzene rings is 3. The molecule has 0 bridgehead atoms. The summed E-state index contributed by atoms with van der Waals surface area (Å²) in [5.41, 5.74) is 3.22. The van der Waals surface area contributed by atoms with E-state index < -0.39 is 35.7 Å². The molecule has 0 spiro atoms. The lowest BCUT2D eigenvalue weighted by molar-refractivity contribution is -0.139. The smallest absolute Gasteiger partial charge is 0.323 e. The van der Waals surface area contributed by atoms with Crippen LogP contribution in [0.15, 0.2) is 72.8 Å². The van der Waals surface area contributed by atoms with Crippen molar-refractivity contribution in [3.8, 4) is 0 Å². The highest BCUT2D eigenvalue weighted by molar-refractivity contribution is 6.00. The summed E-state index contributed by atoms with van der Waals surface area (Å²) in [5, 5.41) is 20.5. The minimum atomic E-state index is -1.16. The number of para-hydroxylation sites is 1. The number of hydrogen-bond acceptors (Lipinski definition) is 4. The first-order chi connectivity index (χ1) is 19.5. The van der Waals surface area contributed by atoms with E-state index in [1.165, 1.54) is 12.1 Å². The zero-order valence-corrected chi connectivity index (χ0v) is 23.2. The topological polar surface area (TPSA) is 137 Å². The summed E-state index contributed by atoms with van der Waals surface area (Å²) >= 11 is 0. The first-order valence-electron chi connectivity index (χ1n) is 13.3. The number of rotatable bonds is 12. The maximum Gasteiger partial charge on any atom is 0.323 e. The van der Waals surface area contributed by atoms with Gasteiger partial charge < -0.3 is 26.4 Å². The quantitative estimate of drug-likeness (QED) is 0.215. The molecule has 0 saturated heterocycles. The van der Waals surface area contributed by atoms with Crippen LogP contribution in [-0.2, 0) is 20.8 Å². The highest BCUT2D eigenvalue weighted by atomic mass is 19.1. The average molecular weight is 563 g/mol. The lowest BCUT2D eigenvalue weighted by Crippen LogP contribution is -2.49. The lowest BCUT2D eigenvalue weighted by Gasteiger charge is -2.22. The SMILES string of the molecule is Cc1ccccc1NC(=O)Nc1ccc(CC(=O)N[C@@H](CC(C)C)C(=O)NC[C@@H](C(=O)O)c2ccc(F)cc2)cc1. The van der Waals surface area contributed by atoms with Gasteiger partial charge in [0, 0.05) is 17.9 Å². The zero-order chi connectivity index (χ0) is 29.9. The van der Waals surface area contributed by atoms with Crippen molar-refractivity contribution in [3.63, 3.8) is 0 Å². The second-order valence-electron chi connectivity index (χ2n) is 10.2. The van der Waals surface area contributed by atoms with Crippen molar-refractivity contribution in [1.29, 1.82) is 0 Å². The van der Waals surface area contributed by atoms with Crippen molar-refractivity contribution < 1.29 is 28.7 Å². The second-order valence-corrected chi connectivity index (χ2v) is 10.2. The van der Waals surface area contributed by atoms with Crippen molar-refractivity contribution >= 4 is 35.2 Å². The molecule has 2 atom stereocenters. The van der Waals surface area contributed by atoms with Gasteiger partial charge in [0.1, 0.15) is 11.9 Å². The first-order valence-corrected chi connectivity index (χ1v) is 13.3. The number of amides is 4. The van der Waals surface area contributed by atoms with Gasteiger partial charge in [0.05, 0.1) is 12.3 Å². The largest absolute Gasteiger partial charge is 0.481 e. The number of carbonyl (C=O) groups excluding carboxylic acids is 3. The number of halogens is 1. The Morgan fingerprint density at radius 3 is 2.15 bits per heavy atom. The number of aliphatic carboxylic acids is 1. The van der Waals surface area contributed by atoms with Gasteiger partial charge in [-0.3, -0.25) is 14.4 Å². The van der Waals surface area contributed by atoms with Gasteiger partial charge in [0.15, 0.2) is 0 Å². The van der Waals surface area contributed by atoms with Crippen LogP contribution in [0.2, 0.25) is 0 Å². The monoisotopic (exact) mass is 562 g/mol. The van der Waals surface area contributed by atoms with Crippen molar-refractivity contribution in [2.24, 2.45) is 5.92 Å². The van der Waals surface area contributed by atoms with E-state index in [0.29, 0.717) is 28.9 Å². The molecule has 0 fully saturated rings. The Morgan fingerprint density at radius 1 is 0.878 bits per heavy atom. The maximum atomic E-state index is 13.2. The van der Waals surface area contributed by atoms with E-state index in [4.69, 9.17) is 0 Å².